The van der Waals surface area contributed by atoms with Crippen LogP contribution in [0.3, 0.4) is 0 Å². The van der Waals surface area contributed by atoms with Crippen LogP contribution in [0.25, 0.3) is 11.3 Å². The minimum atomic E-state index is -0.349. The molecule has 1 N–H and O–H groups in total. The highest BCUT2D eigenvalue weighted by molar-refractivity contribution is 9.10. The van der Waals surface area contributed by atoms with Crippen molar-refractivity contribution in [1.29, 1.82) is 0 Å². The fourth-order valence-corrected chi connectivity index (χ4v) is 4.97. The molecule has 1 aliphatic rings. The Balaban J connectivity index is 1.58. The van der Waals surface area contributed by atoms with Crippen LogP contribution in [0.15, 0.2) is 87.9 Å². The smallest absolute Gasteiger partial charge is 0.174 e. The van der Waals surface area contributed by atoms with Crippen LogP contribution in [0.5, 0.6) is 0 Å². The molecule has 2 aromatic heterocycles. The zero-order chi connectivity index (χ0) is 23.8. The van der Waals surface area contributed by atoms with E-state index in [-0.39, 0.29) is 17.9 Å². The number of pyridine rings is 1. The average molecular weight is 536 g/mol. The summed E-state index contributed by atoms with van der Waals surface area (Å²) in [5.41, 5.74) is 3.47. The molecule has 2 atom stereocenters. The van der Waals surface area contributed by atoms with Crippen molar-refractivity contribution >= 4 is 38.9 Å². The normalized spacial score (nSPS) is 17.9. The third-order valence-electron chi connectivity index (χ3n) is 6.05. The van der Waals surface area contributed by atoms with Gasteiger partial charge in [-0.3, -0.25) is 4.98 Å². The standard InChI is InChI=1S/C27H23BrFN3OS/c1-16(2)17-6-9-19(10-7-17)32-26(25(31-27(32)34)22-5-3-4-14-30-22)24-13-12-23(33-24)20-11-8-18(28)15-21(20)29/h3-16,25-26H,1-2H3,(H,31,34)/t25-,26+/m0/s1. The first-order valence-electron chi connectivity index (χ1n) is 11.1. The lowest BCUT2D eigenvalue weighted by molar-refractivity contribution is 0.438. The third kappa shape index (κ3) is 4.26. The summed E-state index contributed by atoms with van der Waals surface area (Å²) >= 11 is 9.09. The van der Waals surface area contributed by atoms with Gasteiger partial charge in [0.2, 0.25) is 0 Å². The van der Waals surface area contributed by atoms with E-state index in [1.165, 1.54) is 11.6 Å². The minimum Gasteiger partial charge on any atom is -0.459 e. The molecule has 34 heavy (non-hydrogen) atoms. The van der Waals surface area contributed by atoms with Crippen molar-refractivity contribution in [3.63, 3.8) is 0 Å². The van der Waals surface area contributed by atoms with Gasteiger partial charge in [0.05, 0.1) is 17.3 Å². The molecule has 0 radical (unpaired) electrons. The lowest BCUT2D eigenvalue weighted by atomic mass is 10.0. The molecule has 0 amide bonds. The van der Waals surface area contributed by atoms with Crippen LogP contribution in [0, 0.1) is 5.82 Å². The average Bonchev–Trinajstić information content (AvgIpc) is 3.44. The largest absolute Gasteiger partial charge is 0.459 e. The molecule has 1 aliphatic heterocycles. The maximum absolute atomic E-state index is 14.6. The van der Waals surface area contributed by atoms with Crippen molar-refractivity contribution in [3.8, 4) is 11.3 Å². The minimum absolute atomic E-state index is 0.229. The molecule has 0 aliphatic carbocycles. The zero-order valence-electron chi connectivity index (χ0n) is 18.7. The van der Waals surface area contributed by atoms with Crippen LogP contribution < -0.4 is 10.2 Å². The highest BCUT2D eigenvalue weighted by Gasteiger charge is 2.42. The second kappa shape index (κ2) is 9.31. The van der Waals surface area contributed by atoms with E-state index < -0.39 is 0 Å². The summed E-state index contributed by atoms with van der Waals surface area (Å²) in [7, 11) is 0. The highest BCUT2D eigenvalue weighted by atomic mass is 79.9. The Bertz CT molecular complexity index is 1320. The first-order chi connectivity index (χ1) is 16.4. The summed E-state index contributed by atoms with van der Waals surface area (Å²) < 4.78 is 21.6. The molecule has 5 rings (SSSR count). The molecule has 0 unspecified atom stereocenters. The molecule has 2 aromatic carbocycles. The van der Waals surface area contributed by atoms with Gasteiger partial charge in [0, 0.05) is 16.4 Å². The van der Waals surface area contributed by atoms with Crippen LogP contribution in [0.2, 0.25) is 0 Å². The van der Waals surface area contributed by atoms with Crippen molar-refractivity contribution < 1.29 is 8.81 Å². The fourth-order valence-electron chi connectivity index (χ4n) is 4.29. The lowest BCUT2D eigenvalue weighted by Gasteiger charge is -2.26. The van der Waals surface area contributed by atoms with E-state index in [9.17, 15) is 4.39 Å². The molecular weight excluding hydrogens is 513 g/mol. The molecule has 4 nitrogen and oxygen atoms in total. The molecule has 1 fully saturated rings. The number of hydrogen-bond donors (Lipinski definition) is 1. The predicted octanol–water partition coefficient (Wildman–Crippen LogP) is 7.54. The van der Waals surface area contributed by atoms with E-state index in [4.69, 9.17) is 16.6 Å². The third-order valence-corrected chi connectivity index (χ3v) is 6.86. The molecule has 172 valence electrons. The molecular formula is C27H23BrFN3OS. The van der Waals surface area contributed by atoms with E-state index in [0.29, 0.717) is 32.6 Å². The monoisotopic (exact) mass is 535 g/mol. The number of hydrogen-bond acceptors (Lipinski definition) is 3. The van der Waals surface area contributed by atoms with Gasteiger partial charge >= 0.3 is 0 Å². The van der Waals surface area contributed by atoms with Crippen molar-refractivity contribution in [2.75, 3.05) is 4.90 Å². The van der Waals surface area contributed by atoms with Crippen LogP contribution in [-0.2, 0) is 0 Å². The van der Waals surface area contributed by atoms with Crippen LogP contribution in [-0.4, -0.2) is 10.1 Å². The highest BCUT2D eigenvalue weighted by Crippen LogP contribution is 2.43. The van der Waals surface area contributed by atoms with Crippen LogP contribution >= 0.6 is 28.1 Å². The second-order valence-corrected chi connectivity index (χ2v) is 9.87. The quantitative estimate of drug-likeness (QED) is 0.267. The Kier molecular flexibility index (Phi) is 6.23. The number of rotatable bonds is 5. The van der Waals surface area contributed by atoms with Gasteiger partial charge < -0.3 is 14.6 Å². The maximum Gasteiger partial charge on any atom is 0.174 e. The van der Waals surface area contributed by atoms with Crippen LogP contribution in [0.1, 0.15) is 48.9 Å². The summed E-state index contributed by atoms with van der Waals surface area (Å²) in [5, 5.41) is 4.02. The van der Waals surface area contributed by atoms with Gasteiger partial charge in [-0.2, -0.15) is 0 Å². The summed E-state index contributed by atoms with van der Waals surface area (Å²) in [6, 6.07) is 22.3. The van der Waals surface area contributed by atoms with Gasteiger partial charge in [-0.1, -0.05) is 48.0 Å². The number of nitrogens with one attached hydrogen (secondary N) is 1. The first kappa shape index (κ1) is 22.7. The van der Waals surface area contributed by atoms with Crippen molar-refractivity contribution in [2.45, 2.75) is 31.8 Å². The number of nitrogens with zero attached hydrogens (tertiary/aromatic N) is 2. The topological polar surface area (TPSA) is 41.3 Å². The van der Waals surface area contributed by atoms with Gasteiger partial charge in [-0.25, -0.2) is 4.39 Å². The molecule has 0 saturated carbocycles. The van der Waals surface area contributed by atoms with Gasteiger partial charge in [0.15, 0.2) is 5.11 Å². The fraction of sp³-hybridized carbons (Fsp3) is 0.185. The summed E-state index contributed by atoms with van der Waals surface area (Å²) in [5.74, 6) is 1.22. The number of anilines is 1. The lowest BCUT2D eigenvalue weighted by Crippen LogP contribution is -2.29. The Labute approximate surface area is 212 Å². The molecule has 3 heterocycles. The number of halogens is 2. The molecule has 0 bridgehead atoms. The first-order valence-corrected chi connectivity index (χ1v) is 12.3. The van der Waals surface area contributed by atoms with Crippen molar-refractivity contribution in [1.82, 2.24) is 10.3 Å². The Morgan fingerprint density at radius 3 is 2.53 bits per heavy atom. The molecule has 7 heteroatoms. The zero-order valence-corrected chi connectivity index (χ0v) is 21.1. The Morgan fingerprint density at radius 2 is 1.85 bits per heavy atom. The SMILES string of the molecule is CC(C)c1ccc(N2C(=S)N[C@@H](c3ccccn3)[C@H]2c2ccc(-c3ccc(Br)cc3F)o2)cc1. The van der Waals surface area contributed by atoms with Crippen molar-refractivity contribution in [3.05, 3.63) is 106 Å². The van der Waals surface area contributed by atoms with E-state index in [0.717, 1.165) is 11.4 Å². The number of benzene rings is 2. The van der Waals surface area contributed by atoms with E-state index in [2.05, 4.69) is 69.2 Å². The number of thiocarbonyl (C=S) groups is 1. The molecule has 4 aromatic rings. The molecule has 0 spiro atoms. The summed E-state index contributed by atoms with van der Waals surface area (Å²) in [4.78, 5) is 6.62. The van der Waals surface area contributed by atoms with Gasteiger partial charge in [-0.15, -0.1) is 0 Å². The van der Waals surface area contributed by atoms with E-state index in [1.54, 1.807) is 24.4 Å². The maximum atomic E-state index is 14.6. The summed E-state index contributed by atoms with van der Waals surface area (Å²) in [6.45, 7) is 4.34. The predicted molar refractivity (Wildman–Crippen MR) is 140 cm³/mol. The second-order valence-electron chi connectivity index (χ2n) is 8.57. The van der Waals surface area contributed by atoms with Crippen LogP contribution in [0.4, 0.5) is 10.1 Å². The molecule has 1 saturated heterocycles. The summed E-state index contributed by atoms with van der Waals surface area (Å²) in [6.07, 6.45) is 1.77. The van der Waals surface area contributed by atoms with Gasteiger partial charge in [0.1, 0.15) is 23.4 Å². The number of aromatic nitrogens is 1. The number of furan rings is 1. The Morgan fingerprint density at radius 1 is 1.06 bits per heavy atom. The van der Waals surface area contributed by atoms with E-state index in [1.807, 2.05) is 24.3 Å². The van der Waals surface area contributed by atoms with Gasteiger partial charge in [-0.05, 0) is 78.3 Å². The Hall–Kier alpha value is -3.03. The van der Waals surface area contributed by atoms with Crippen molar-refractivity contribution in [2.24, 2.45) is 0 Å². The van der Waals surface area contributed by atoms with E-state index >= 15 is 0 Å². The van der Waals surface area contributed by atoms with Gasteiger partial charge in [0.25, 0.3) is 0 Å².